The normalized spacial score (nSPS) is 15.4. The number of aromatic nitrogens is 3. The summed E-state index contributed by atoms with van der Waals surface area (Å²) in [5.74, 6) is 0.103. The number of aryl methyl sites for hydroxylation is 1. The topological polar surface area (TPSA) is 47.8 Å². The van der Waals surface area contributed by atoms with Crippen LogP contribution in [0, 0.1) is 0 Å². The summed E-state index contributed by atoms with van der Waals surface area (Å²) in [4.78, 5) is 12.0. The van der Waals surface area contributed by atoms with Gasteiger partial charge in [0.15, 0.2) is 0 Å². The van der Waals surface area contributed by atoms with Crippen LogP contribution >= 0.6 is 0 Å². The molecule has 0 aliphatic heterocycles. The van der Waals surface area contributed by atoms with Gasteiger partial charge in [0, 0.05) is 6.54 Å². The van der Waals surface area contributed by atoms with Crippen LogP contribution in [0.2, 0.25) is 0 Å². The van der Waals surface area contributed by atoms with Crippen LogP contribution in [-0.4, -0.2) is 20.8 Å². The SMILES string of the molecule is CCCn1nncc1C(=O)C1=CCCC1. The van der Waals surface area contributed by atoms with Gasteiger partial charge in [-0.05, 0) is 31.3 Å². The summed E-state index contributed by atoms with van der Waals surface area (Å²) in [5.41, 5.74) is 1.56. The average Bonchev–Trinajstić information content (AvgIpc) is 2.87. The van der Waals surface area contributed by atoms with Crippen LogP contribution in [0.1, 0.15) is 43.1 Å². The summed E-state index contributed by atoms with van der Waals surface area (Å²) >= 11 is 0. The molecule has 0 unspecified atom stereocenters. The molecule has 1 aliphatic carbocycles. The van der Waals surface area contributed by atoms with Gasteiger partial charge in [-0.3, -0.25) is 4.79 Å². The van der Waals surface area contributed by atoms with Crippen LogP contribution in [0.25, 0.3) is 0 Å². The van der Waals surface area contributed by atoms with E-state index in [0.29, 0.717) is 5.69 Å². The number of carbonyl (C=O) groups is 1. The minimum Gasteiger partial charge on any atom is -0.287 e. The lowest BCUT2D eigenvalue weighted by Gasteiger charge is -2.03. The monoisotopic (exact) mass is 205 g/mol. The largest absolute Gasteiger partial charge is 0.287 e. The average molecular weight is 205 g/mol. The number of allylic oxidation sites excluding steroid dienone is 2. The Kier molecular flexibility index (Phi) is 2.94. The Morgan fingerprint density at radius 1 is 1.60 bits per heavy atom. The lowest BCUT2D eigenvalue weighted by Crippen LogP contribution is -2.11. The minimum atomic E-state index is 0.103. The predicted octanol–water partition coefficient (Wildman–Crippen LogP) is 1.98. The van der Waals surface area contributed by atoms with Crippen LogP contribution in [0.3, 0.4) is 0 Å². The second kappa shape index (κ2) is 4.38. The first kappa shape index (κ1) is 10.1. The second-order valence-corrected chi connectivity index (χ2v) is 3.79. The summed E-state index contributed by atoms with van der Waals surface area (Å²) < 4.78 is 1.70. The van der Waals surface area contributed by atoms with Gasteiger partial charge in [-0.2, -0.15) is 0 Å². The van der Waals surface area contributed by atoms with Crippen LogP contribution in [0.4, 0.5) is 0 Å². The Bertz CT molecular complexity index is 392. The Hall–Kier alpha value is -1.45. The molecule has 0 bridgehead atoms. The van der Waals surface area contributed by atoms with Crippen molar-refractivity contribution in [3.05, 3.63) is 23.5 Å². The molecular weight excluding hydrogens is 190 g/mol. The van der Waals surface area contributed by atoms with Crippen LogP contribution in [0.5, 0.6) is 0 Å². The third-order valence-corrected chi connectivity index (χ3v) is 2.62. The molecule has 0 N–H and O–H groups in total. The molecule has 0 spiro atoms. The maximum absolute atomic E-state index is 12.0. The highest BCUT2D eigenvalue weighted by Gasteiger charge is 2.19. The molecule has 4 nitrogen and oxygen atoms in total. The van der Waals surface area contributed by atoms with Crippen molar-refractivity contribution in [2.45, 2.75) is 39.2 Å². The number of carbonyl (C=O) groups excluding carboxylic acids is 1. The van der Waals surface area contributed by atoms with E-state index in [-0.39, 0.29) is 5.78 Å². The molecule has 0 saturated heterocycles. The van der Waals surface area contributed by atoms with Crippen LogP contribution in [0.15, 0.2) is 17.8 Å². The summed E-state index contributed by atoms with van der Waals surface area (Å²) in [7, 11) is 0. The molecule has 1 aromatic rings. The van der Waals surface area contributed by atoms with Gasteiger partial charge in [0.1, 0.15) is 5.69 Å². The van der Waals surface area contributed by atoms with Crippen LogP contribution < -0.4 is 0 Å². The van der Waals surface area contributed by atoms with Gasteiger partial charge in [-0.15, -0.1) is 5.10 Å². The van der Waals surface area contributed by atoms with Gasteiger partial charge in [-0.25, -0.2) is 4.68 Å². The van der Waals surface area contributed by atoms with Gasteiger partial charge in [0.05, 0.1) is 6.20 Å². The fraction of sp³-hybridized carbons (Fsp3) is 0.545. The Balaban J connectivity index is 2.21. The summed E-state index contributed by atoms with van der Waals surface area (Å²) in [5, 5.41) is 7.72. The Labute approximate surface area is 89.0 Å². The van der Waals surface area contributed by atoms with Gasteiger partial charge in [-0.1, -0.05) is 18.2 Å². The molecule has 2 rings (SSSR count). The lowest BCUT2D eigenvalue weighted by atomic mass is 10.1. The molecular formula is C11H15N3O. The summed E-state index contributed by atoms with van der Waals surface area (Å²) in [6, 6.07) is 0. The van der Waals surface area contributed by atoms with E-state index < -0.39 is 0 Å². The number of Topliss-reactive ketones (excluding diaryl/α,β-unsaturated/α-hetero) is 1. The molecule has 1 aliphatic rings. The van der Waals surface area contributed by atoms with E-state index in [0.717, 1.165) is 37.8 Å². The zero-order valence-corrected chi connectivity index (χ0v) is 8.94. The third kappa shape index (κ3) is 1.98. The number of ketones is 1. The molecule has 0 amide bonds. The highest BCUT2D eigenvalue weighted by molar-refractivity contribution is 6.07. The minimum absolute atomic E-state index is 0.103. The molecule has 0 saturated carbocycles. The summed E-state index contributed by atoms with van der Waals surface area (Å²) in [6.45, 7) is 2.82. The zero-order chi connectivity index (χ0) is 10.7. The van der Waals surface area contributed by atoms with Gasteiger partial charge < -0.3 is 0 Å². The van der Waals surface area contributed by atoms with Crippen molar-refractivity contribution in [3.8, 4) is 0 Å². The molecule has 0 fully saturated rings. The molecule has 1 heterocycles. The van der Waals surface area contributed by atoms with Crippen molar-refractivity contribution in [3.63, 3.8) is 0 Å². The van der Waals surface area contributed by atoms with E-state index in [1.807, 2.05) is 6.08 Å². The number of rotatable bonds is 4. The Morgan fingerprint density at radius 2 is 2.47 bits per heavy atom. The number of nitrogens with zero attached hydrogens (tertiary/aromatic N) is 3. The fourth-order valence-corrected chi connectivity index (χ4v) is 1.85. The molecule has 0 radical (unpaired) electrons. The van der Waals surface area contributed by atoms with Gasteiger partial charge in [0.25, 0.3) is 0 Å². The highest BCUT2D eigenvalue weighted by Crippen LogP contribution is 2.21. The van der Waals surface area contributed by atoms with E-state index in [4.69, 9.17) is 0 Å². The van der Waals surface area contributed by atoms with E-state index in [9.17, 15) is 4.79 Å². The van der Waals surface area contributed by atoms with Crippen molar-refractivity contribution in [1.82, 2.24) is 15.0 Å². The number of hydrogen-bond donors (Lipinski definition) is 0. The van der Waals surface area contributed by atoms with Crippen molar-refractivity contribution >= 4 is 5.78 Å². The summed E-state index contributed by atoms with van der Waals surface area (Å²) in [6.07, 6.45) is 7.58. The molecule has 0 aromatic carbocycles. The van der Waals surface area contributed by atoms with Gasteiger partial charge in [0.2, 0.25) is 5.78 Å². The molecule has 80 valence electrons. The standard InChI is InChI=1S/C11H15N3O/c1-2-7-14-10(8-12-13-14)11(15)9-5-3-4-6-9/h5,8H,2-4,6-7H2,1H3. The predicted molar refractivity (Wildman–Crippen MR) is 56.6 cm³/mol. The third-order valence-electron chi connectivity index (χ3n) is 2.62. The maximum atomic E-state index is 12.0. The second-order valence-electron chi connectivity index (χ2n) is 3.79. The smallest absolute Gasteiger partial charge is 0.208 e. The first-order chi connectivity index (χ1) is 7.33. The first-order valence-electron chi connectivity index (χ1n) is 5.45. The van der Waals surface area contributed by atoms with Crippen molar-refractivity contribution < 1.29 is 4.79 Å². The molecule has 4 heteroatoms. The quantitative estimate of drug-likeness (QED) is 0.706. The van der Waals surface area contributed by atoms with Crippen molar-refractivity contribution in [1.29, 1.82) is 0 Å². The first-order valence-corrected chi connectivity index (χ1v) is 5.45. The molecule has 15 heavy (non-hydrogen) atoms. The highest BCUT2D eigenvalue weighted by atomic mass is 16.1. The zero-order valence-electron chi connectivity index (χ0n) is 8.94. The molecule has 1 aromatic heterocycles. The van der Waals surface area contributed by atoms with Gasteiger partial charge >= 0.3 is 0 Å². The number of hydrogen-bond acceptors (Lipinski definition) is 3. The lowest BCUT2D eigenvalue weighted by molar-refractivity contribution is 0.102. The van der Waals surface area contributed by atoms with E-state index >= 15 is 0 Å². The van der Waals surface area contributed by atoms with E-state index in [1.165, 1.54) is 0 Å². The fourth-order valence-electron chi connectivity index (χ4n) is 1.85. The maximum Gasteiger partial charge on any atom is 0.208 e. The molecule has 0 atom stereocenters. The van der Waals surface area contributed by atoms with Crippen molar-refractivity contribution in [2.75, 3.05) is 0 Å². The Morgan fingerprint density at radius 3 is 3.13 bits per heavy atom. The van der Waals surface area contributed by atoms with Crippen LogP contribution in [-0.2, 0) is 6.54 Å². The van der Waals surface area contributed by atoms with Crippen molar-refractivity contribution in [2.24, 2.45) is 0 Å². The van der Waals surface area contributed by atoms with E-state index in [1.54, 1.807) is 10.9 Å². The van der Waals surface area contributed by atoms with E-state index in [2.05, 4.69) is 17.2 Å².